The quantitative estimate of drug-likeness (QED) is 0.821. The van der Waals surface area contributed by atoms with Crippen molar-refractivity contribution < 1.29 is 14.3 Å². The topological polar surface area (TPSA) is 47.6 Å². The highest BCUT2D eigenvalue weighted by Gasteiger charge is 2.20. The summed E-state index contributed by atoms with van der Waals surface area (Å²) in [5, 5.41) is 2.96. The molecule has 138 valence electrons. The lowest BCUT2D eigenvalue weighted by Crippen LogP contribution is -2.43. The van der Waals surface area contributed by atoms with Crippen LogP contribution in [0.15, 0.2) is 48.5 Å². The molecule has 0 fully saturated rings. The molecular formula is C22H27NO3. The molecule has 0 saturated carbocycles. The molecule has 2 aromatic rings. The number of hydrogen-bond acceptors (Lipinski definition) is 3. The highest BCUT2D eigenvalue weighted by Crippen LogP contribution is 2.30. The molecule has 0 saturated heterocycles. The number of hydrogen-bond donors (Lipinski definition) is 1. The first kappa shape index (κ1) is 18.3. The van der Waals surface area contributed by atoms with Crippen molar-refractivity contribution >= 4 is 5.91 Å². The van der Waals surface area contributed by atoms with Crippen molar-refractivity contribution in [1.82, 2.24) is 5.32 Å². The van der Waals surface area contributed by atoms with E-state index in [0.717, 1.165) is 24.3 Å². The molecule has 0 heterocycles. The summed E-state index contributed by atoms with van der Waals surface area (Å²) in [6, 6.07) is 15.6. The van der Waals surface area contributed by atoms with Gasteiger partial charge in [-0.15, -0.1) is 0 Å². The third-order valence-electron chi connectivity index (χ3n) is 4.66. The summed E-state index contributed by atoms with van der Waals surface area (Å²) < 4.78 is 11.7. The standard InChI is InChI=1S/C22H27NO3/c1-16(15-25-19-11-4-3-5-12-19)23-22(24)17(2)26-21-14-8-10-18-9-6-7-13-20(18)21/h3-5,8,10-12,14,16-17H,6-7,9,13,15H2,1-2H3,(H,23,24)/t16-,17+/m0/s1. The molecule has 0 radical (unpaired) electrons. The van der Waals surface area contributed by atoms with Gasteiger partial charge in [0, 0.05) is 0 Å². The SMILES string of the molecule is C[C@@H](COc1ccccc1)NC(=O)[C@@H](C)Oc1cccc2c1CCCC2. The predicted molar refractivity (Wildman–Crippen MR) is 103 cm³/mol. The molecule has 4 heteroatoms. The zero-order valence-electron chi connectivity index (χ0n) is 15.5. The summed E-state index contributed by atoms with van der Waals surface area (Å²) in [4.78, 5) is 12.4. The van der Waals surface area contributed by atoms with Crippen LogP contribution in [-0.2, 0) is 17.6 Å². The Morgan fingerprint density at radius 1 is 1.04 bits per heavy atom. The average Bonchev–Trinajstić information content (AvgIpc) is 2.67. The molecule has 2 atom stereocenters. The third kappa shape index (κ3) is 4.78. The van der Waals surface area contributed by atoms with Crippen LogP contribution >= 0.6 is 0 Å². The van der Waals surface area contributed by atoms with Crippen molar-refractivity contribution in [1.29, 1.82) is 0 Å². The van der Waals surface area contributed by atoms with Gasteiger partial charge in [-0.2, -0.15) is 0 Å². The van der Waals surface area contributed by atoms with Gasteiger partial charge in [-0.25, -0.2) is 0 Å². The van der Waals surface area contributed by atoms with E-state index in [9.17, 15) is 4.79 Å². The van der Waals surface area contributed by atoms with E-state index in [4.69, 9.17) is 9.47 Å². The Balaban J connectivity index is 1.51. The Morgan fingerprint density at radius 3 is 2.62 bits per heavy atom. The second kappa shape index (κ2) is 8.75. The smallest absolute Gasteiger partial charge is 0.261 e. The van der Waals surface area contributed by atoms with Gasteiger partial charge in [0.15, 0.2) is 6.10 Å². The van der Waals surface area contributed by atoms with Crippen LogP contribution in [0.1, 0.15) is 37.8 Å². The molecule has 0 spiro atoms. The van der Waals surface area contributed by atoms with Gasteiger partial charge in [-0.1, -0.05) is 30.3 Å². The number of carbonyl (C=O) groups excluding carboxylic acids is 1. The van der Waals surface area contributed by atoms with E-state index >= 15 is 0 Å². The van der Waals surface area contributed by atoms with Crippen LogP contribution in [0, 0.1) is 0 Å². The van der Waals surface area contributed by atoms with Crippen molar-refractivity contribution in [2.75, 3.05) is 6.61 Å². The summed E-state index contributed by atoms with van der Waals surface area (Å²) in [7, 11) is 0. The van der Waals surface area contributed by atoms with Crippen molar-refractivity contribution in [3.8, 4) is 11.5 Å². The largest absolute Gasteiger partial charge is 0.491 e. The third-order valence-corrected chi connectivity index (χ3v) is 4.66. The number of aryl methyl sites for hydroxylation is 1. The maximum atomic E-state index is 12.4. The van der Waals surface area contributed by atoms with E-state index in [1.54, 1.807) is 6.92 Å². The summed E-state index contributed by atoms with van der Waals surface area (Å²) in [5.41, 5.74) is 2.62. The second-order valence-electron chi connectivity index (χ2n) is 6.89. The van der Waals surface area contributed by atoms with Gasteiger partial charge in [0.2, 0.25) is 0 Å². The fourth-order valence-electron chi connectivity index (χ4n) is 3.24. The number of ether oxygens (including phenoxy) is 2. The Morgan fingerprint density at radius 2 is 1.81 bits per heavy atom. The molecule has 0 aromatic heterocycles. The number of para-hydroxylation sites is 1. The number of amides is 1. The fourth-order valence-corrected chi connectivity index (χ4v) is 3.24. The summed E-state index contributed by atoms with van der Waals surface area (Å²) in [6.45, 7) is 4.14. The first-order valence-electron chi connectivity index (χ1n) is 9.39. The summed E-state index contributed by atoms with van der Waals surface area (Å²) >= 11 is 0. The molecule has 0 aliphatic heterocycles. The fraction of sp³-hybridized carbons (Fsp3) is 0.409. The number of carbonyl (C=O) groups is 1. The zero-order valence-corrected chi connectivity index (χ0v) is 15.5. The van der Waals surface area contributed by atoms with Gasteiger partial charge in [-0.05, 0) is 68.9 Å². The summed E-state index contributed by atoms with van der Waals surface area (Å²) in [5.74, 6) is 1.52. The van der Waals surface area contributed by atoms with E-state index in [0.29, 0.717) is 6.61 Å². The van der Waals surface area contributed by atoms with Gasteiger partial charge in [0.05, 0.1) is 6.04 Å². The lowest BCUT2D eigenvalue weighted by Gasteiger charge is -2.23. The zero-order chi connectivity index (χ0) is 18.4. The second-order valence-corrected chi connectivity index (χ2v) is 6.89. The van der Waals surface area contributed by atoms with E-state index in [1.807, 2.05) is 49.4 Å². The lowest BCUT2D eigenvalue weighted by atomic mass is 9.91. The van der Waals surface area contributed by atoms with Crippen LogP contribution in [-0.4, -0.2) is 24.7 Å². The van der Waals surface area contributed by atoms with Crippen molar-refractivity contribution in [2.24, 2.45) is 0 Å². The van der Waals surface area contributed by atoms with Gasteiger partial charge in [0.25, 0.3) is 5.91 Å². The highest BCUT2D eigenvalue weighted by molar-refractivity contribution is 5.81. The van der Waals surface area contributed by atoms with Crippen LogP contribution in [0.3, 0.4) is 0 Å². The van der Waals surface area contributed by atoms with E-state index in [2.05, 4.69) is 11.4 Å². The number of rotatable bonds is 7. The van der Waals surface area contributed by atoms with Crippen LogP contribution in [0.4, 0.5) is 0 Å². The lowest BCUT2D eigenvalue weighted by molar-refractivity contribution is -0.128. The van der Waals surface area contributed by atoms with Crippen LogP contribution in [0.2, 0.25) is 0 Å². The van der Waals surface area contributed by atoms with Gasteiger partial charge in [-0.3, -0.25) is 4.79 Å². The van der Waals surface area contributed by atoms with Crippen LogP contribution in [0.5, 0.6) is 11.5 Å². The van der Waals surface area contributed by atoms with Gasteiger partial charge < -0.3 is 14.8 Å². The number of benzene rings is 2. The first-order chi connectivity index (χ1) is 12.6. The Hall–Kier alpha value is -2.49. The summed E-state index contributed by atoms with van der Waals surface area (Å²) in [6.07, 6.45) is 4.00. The Bertz CT molecular complexity index is 729. The Labute approximate surface area is 155 Å². The van der Waals surface area contributed by atoms with Crippen molar-refractivity contribution in [3.05, 3.63) is 59.7 Å². The molecule has 26 heavy (non-hydrogen) atoms. The van der Waals surface area contributed by atoms with E-state index in [1.165, 1.54) is 24.0 Å². The number of nitrogens with one attached hydrogen (secondary N) is 1. The maximum absolute atomic E-state index is 12.4. The maximum Gasteiger partial charge on any atom is 0.261 e. The molecule has 0 bridgehead atoms. The molecule has 2 aromatic carbocycles. The first-order valence-corrected chi connectivity index (χ1v) is 9.39. The normalized spacial score (nSPS) is 15.5. The molecule has 1 aliphatic rings. The van der Waals surface area contributed by atoms with Crippen LogP contribution < -0.4 is 14.8 Å². The van der Waals surface area contributed by atoms with Crippen molar-refractivity contribution in [2.45, 2.75) is 51.7 Å². The minimum atomic E-state index is -0.539. The molecule has 1 amide bonds. The molecule has 1 aliphatic carbocycles. The Kier molecular flexibility index (Phi) is 6.16. The average molecular weight is 353 g/mol. The highest BCUT2D eigenvalue weighted by atomic mass is 16.5. The van der Waals surface area contributed by atoms with E-state index < -0.39 is 6.10 Å². The predicted octanol–water partition coefficient (Wildman–Crippen LogP) is 3.92. The van der Waals surface area contributed by atoms with Crippen LogP contribution in [0.25, 0.3) is 0 Å². The molecular weight excluding hydrogens is 326 g/mol. The van der Waals surface area contributed by atoms with Gasteiger partial charge >= 0.3 is 0 Å². The van der Waals surface area contributed by atoms with Crippen molar-refractivity contribution in [3.63, 3.8) is 0 Å². The monoisotopic (exact) mass is 353 g/mol. The number of fused-ring (bicyclic) bond motifs is 1. The van der Waals surface area contributed by atoms with Gasteiger partial charge in [0.1, 0.15) is 18.1 Å². The molecule has 1 N–H and O–H groups in total. The minimum absolute atomic E-state index is 0.0987. The minimum Gasteiger partial charge on any atom is -0.491 e. The molecule has 0 unspecified atom stereocenters. The molecule has 3 rings (SSSR count). The van der Waals surface area contributed by atoms with E-state index in [-0.39, 0.29) is 11.9 Å². The molecule has 4 nitrogen and oxygen atoms in total.